The number of halogens is 1. The number of ether oxygens (including phenoxy) is 3. The molecule has 1 unspecified atom stereocenters. The predicted octanol–water partition coefficient (Wildman–Crippen LogP) is 2.76. The Morgan fingerprint density at radius 3 is 2.58 bits per heavy atom. The molecule has 0 aliphatic carbocycles. The van der Waals surface area contributed by atoms with E-state index in [1.807, 2.05) is 11.8 Å². The van der Waals surface area contributed by atoms with Crippen LogP contribution in [-0.4, -0.2) is 88.6 Å². The van der Waals surface area contributed by atoms with Crippen LogP contribution in [0.4, 0.5) is 5.69 Å². The third-order valence-corrected chi connectivity index (χ3v) is 7.79. The summed E-state index contributed by atoms with van der Waals surface area (Å²) in [5.74, 6) is -0.0261. The van der Waals surface area contributed by atoms with E-state index in [0.717, 1.165) is 6.26 Å². The smallest absolute Gasteiger partial charge is 0.257 e. The summed E-state index contributed by atoms with van der Waals surface area (Å²) in [7, 11) is -1.98. The topological polar surface area (TPSA) is 114 Å². The van der Waals surface area contributed by atoms with E-state index in [9.17, 15) is 18.0 Å². The molecule has 206 valence electrons. The van der Waals surface area contributed by atoms with Crippen LogP contribution in [0.15, 0.2) is 30.3 Å². The third kappa shape index (κ3) is 6.40. The fourth-order valence-electron chi connectivity index (χ4n) is 4.74. The molecule has 0 aromatic heterocycles. The second-order valence-electron chi connectivity index (χ2n) is 9.27. The Morgan fingerprint density at radius 1 is 1.18 bits per heavy atom. The Morgan fingerprint density at radius 2 is 1.92 bits per heavy atom. The zero-order chi connectivity index (χ0) is 27.4. The minimum Gasteiger partial charge on any atom is -0.493 e. The van der Waals surface area contributed by atoms with Gasteiger partial charge in [-0.2, -0.15) is 0 Å². The van der Waals surface area contributed by atoms with Crippen LogP contribution in [0.2, 0.25) is 5.02 Å². The van der Waals surface area contributed by atoms with E-state index >= 15 is 0 Å². The highest BCUT2D eigenvalue weighted by molar-refractivity contribution is 7.90. The van der Waals surface area contributed by atoms with Crippen LogP contribution in [-0.2, 0) is 25.9 Å². The maximum atomic E-state index is 13.8. The minimum atomic E-state index is -3.50. The Labute approximate surface area is 227 Å². The van der Waals surface area contributed by atoms with Gasteiger partial charge in [-0.3, -0.25) is 14.5 Å². The van der Waals surface area contributed by atoms with E-state index in [1.54, 1.807) is 30.3 Å². The first-order valence-electron chi connectivity index (χ1n) is 12.3. The molecule has 0 spiro atoms. The normalized spacial score (nSPS) is 16.7. The SMILES string of the molecule is CCOc1cc(C(CS(C)(=O)=O)N2Cc3c(Cl)ccc(NC(=O)CN4CCOCC4)c3C2=O)ccc1OC. The summed E-state index contributed by atoms with van der Waals surface area (Å²) in [6.45, 7) is 4.91. The molecule has 1 N–H and O–H groups in total. The molecule has 10 nitrogen and oxygen atoms in total. The van der Waals surface area contributed by atoms with Crippen molar-refractivity contribution in [2.75, 3.05) is 63.9 Å². The van der Waals surface area contributed by atoms with E-state index < -0.39 is 21.8 Å². The summed E-state index contributed by atoms with van der Waals surface area (Å²) in [5, 5.41) is 3.22. The molecule has 1 atom stereocenters. The van der Waals surface area contributed by atoms with Gasteiger partial charge in [0.2, 0.25) is 5.91 Å². The molecular weight excluding hydrogens is 534 g/mol. The molecule has 38 heavy (non-hydrogen) atoms. The highest BCUT2D eigenvalue weighted by Gasteiger charge is 2.38. The van der Waals surface area contributed by atoms with Crippen LogP contribution in [0, 0.1) is 0 Å². The summed E-state index contributed by atoms with van der Waals surface area (Å²) in [6, 6.07) is 7.52. The first kappa shape index (κ1) is 28.2. The number of fused-ring (bicyclic) bond motifs is 1. The number of hydrogen-bond acceptors (Lipinski definition) is 8. The Hall–Kier alpha value is -2.86. The molecule has 2 aliphatic rings. The Bertz CT molecular complexity index is 1310. The van der Waals surface area contributed by atoms with Gasteiger partial charge in [-0.15, -0.1) is 0 Å². The molecular formula is C26H32ClN3O7S. The number of methoxy groups -OCH3 is 1. The van der Waals surface area contributed by atoms with Gasteiger partial charge in [0, 0.05) is 36.5 Å². The van der Waals surface area contributed by atoms with Crippen molar-refractivity contribution in [1.82, 2.24) is 9.80 Å². The first-order valence-corrected chi connectivity index (χ1v) is 14.8. The van der Waals surface area contributed by atoms with E-state index in [-0.39, 0.29) is 30.3 Å². The molecule has 2 aliphatic heterocycles. The number of carbonyl (C=O) groups excluding carboxylic acids is 2. The fraction of sp³-hybridized carbons (Fsp3) is 0.462. The number of carbonyl (C=O) groups is 2. The molecule has 0 saturated carbocycles. The van der Waals surface area contributed by atoms with Gasteiger partial charge < -0.3 is 24.4 Å². The maximum Gasteiger partial charge on any atom is 0.257 e. The highest BCUT2D eigenvalue weighted by atomic mass is 35.5. The van der Waals surface area contributed by atoms with Gasteiger partial charge in [0.25, 0.3) is 5.91 Å². The van der Waals surface area contributed by atoms with Crippen LogP contribution in [0.5, 0.6) is 11.5 Å². The molecule has 2 amide bonds. The van der Waals surface area contributed by atoms with Crippen LogP contribution in [0.3, 0.4) is 0 Å². The van der Waals surface area contributed by atoms with Crippen molar-refractivity contribution in [1.29, 1.82) is 0 Å². The van der Waals surface area contributed by atoms with Gasteiger partial charge in [-0.25, -0.2) is 8.42 Å². The second kappa shape index (κ2) is 11.9. The monoisotopic (exact) mass is 565 g/mol. The Balaban J connectivity index is 1.66. The number of anilines is 1. The van der Waals surface area contributed by atoms with Crippen molar-refractivity contribution in [3.63, 3.8) is 0 Å². The number of morpholine rings is 1. The molecule has 0 bridgehead atoms. The van der Waals surface area contributed by atoms with Gasteiger partial charge in [0.1, 0.15) is 9.84 Å². The van der Waals surface area contributed by atoms with Crippen molar-refractivity contribution >= 4 is 38.9 Å². The quantitative estimate of drug-likeness (QED) is 0.468. The summed E-state index contributed by atoms with van der Waals surface area (Å²) < 4.78 is 41.3. The summed E-state index contributed by atoms with van der Waals surface area (Å²) in [5.41, 5.74) is 1.73. The lowest BCUT2D eigenvalue weighted by molar-refractivity contribution is -0.118. The standard InChI is InChI=1S/C26H32ClN3O7S/c1-4-37-23-13-17(5-8-22(23)35-2)21(16-38(3,33)34)30-14-18-19(27)6-7-20(25(18)26(30)32)28-24(31)15-29-9-11-36-12-10-29/h5-8,13,21H,4,9-12,14-16H2,1-3H3,(H,28,31). The second-order valence-corrected chi connectivity index (χ2v) is 11.9. The maximum absolute atomic E-state index is 13.8. The van der Waals surface area contributed by atoms with E-state index in [1.165, 1.54) is 12.0 Å². The summed E-state index contributed by atoms with van der Waals surface area (Å²) in [6.07, 6.45) is 1.13. The van der Waals surface area contributed by atoms with Gasteiger partial charge >= 0.3 is 0 Å². The molecule has 2 aromatic rings. The van der Waals surface area contributed by atoms with E-state index in [0.29, 0.717) is 66.2 Å². The van der Waals surface area contributed by atoms with Gasteiger partial charge in [0.15, 0.2) is 11.5 Å². The molecule has 4 rings (SSSR count). The van der Waals surface area contributed by atoms with Gasteiger partial charge in [-0.05, 0) is 36.8 Å². The third-order valence-electron chi connectivity index (χ3n) is 6.51. The number of hydrogen-bond donors (Lipinski definition) is 1. The van der Waals surface area contributed by atoms with Crippen molar-refractivity contribution in [3.8, 4) is 11.5 Å². The number of rotatable bonds is 10. The van der Waals surface area contributed by atoms with Crippen molar-refractivity contribution in [2.24, 2.45) is 0 Å². The highest BCUT2D eigenvalue weighted by Crippen LogP contribution is 2.40. The van der Waals surface area contributed by atoms with Crippen molar-refractivity contribution in [2.45, 2.75) is 19.5 Å². The van der Waals surface area contributed by atoms with Crippen LogP contribution < -0.4 is 14.8 Å². The molecule has 1 fully saturated rings. The van der Waals surface area contributed by atoms with E-state index in [4.69, 9.17) is 25.8 Å². The lowest BCUT2D eigenvalue weighted by Crippen LogP contribution is -2.41. The predicted molar refractivity (Wildman–Crippen MR) is 144 cm³/mol. The minimum absolute atomic E-state index is 0.0936. The molecule has 12 heteroatoms. The number of benzene rings is 2. The van der Waals surface area contributed by atoms with Crippen LogP contribution in [0.1, 0.15) is 34.5 Å². The Kier molecular flexibility index (Phi) is 8.81. The fourth-order valence-corrected chi connectivity index (χ4v) is 5.90. The molecule has 1 saturated heterocycles. The lowest BCUT2D eigenvalue weighted by Gasteiger charge is -2.28. The van der Waals surface area contributed by atoms with Gasteiger partial charge in [-0.1, -0.05) is 17.7 Å². The average molecular weight is 566 g/mol. The van der Waals surface area contributed by atoms with Gasteiger partial charge in [0.05, 0.1) is 56.5 Å². The number of sulfone groups is 1. The van der Waals surface area contributed by atoms with Crippen molar-refractivity contribution in [3.05, 3.63) is 52.0 Å². The van der Waals surface area contributed by atoms with E-state index in [2.05, 4.69) is 5.32 Å². The number of nitrogens with one attached hydrogen (secondary N) is 1. The molecule has 0 radical (unpaired) electrons. The van der Waals surface area contributed by atoms with Crippen molar-refractivity contribution < 1.29 is 32.2 Å². The number of amides is 2. The first-order chi connectivity index (χ1) is 18.1. The zero-order valence-corrected chi connectivity index (χ0v) is 23.2. The van der Waals surface area contributed by atoms with Crippen LogP contribution >= 0.6 is 11.6 Å². The summed E-state index contributed by atoms with van der Waals surface area (Å²) >= 11 is 6.49. The largest absolute Gasteiger partial charge is 0.493 e. The summed E-state index contributed by atoms with van der Waals surface area (Å²) in [4.78, 5) is 30.1. The number of nitrogens with zero attached hydrogens (tertiary/aromatic N) is 2. The van der Waals surface area contributed by atoms with Crippen LogP contribution in [0.25, 0.3) is 0 Å². The average Bonchev–Trinajstić information content (AvgIpc) is 3.22. The zero-order valence-electron chi connectivity index (χ0n) is 21.7. The molecule has 2 aromatic carbocycles. The lowest BCUT2D eigenvalue weighted by atomic mass is 10.1. The molecule has 2 heterocycles.